The summed E-state index contributed by atoms with van der Waals surface area (Å²) < 4.78 is 36.1. The van der Waals surface area contributed by atoms with Crippen LogP contribution < -0.4 is 14.8 Å². The molecular weight excluding hydrogens is 384 g/mol. The van der Waals surface area contributed by atoms with E-state index in [9.17, 15) is 13.6 Å². The minimum absolute atomic E-state index is 0.0373. The van der Waals surface area contributed by atoms with Gasteiger partial charge in [-0.2, -0.15) is 8.78 Å². The topological polar surface area (TPSA) is 91.2 Å². The number of rotatable bonds is 7. The third kappa shape index (κ3) is 4.15. The Hall–Kier alpha value is -3.56. The lowest BCUT2D eigenvalue weighted by atomic mass is 10.1. The van der Waals surface area contributed by atoms with E-state index in [0.717, 1.165) is 18.4 Å². The van der Waals surface area contributed by atoms with Crippen LogP contribution in [0.3, 0.4) is 0 Å². The number of nitrogens with one attached hydrogen (secondary N) is 1. The molecule has 0 saturated heterocycles. The zero-order chi connectivity index (χ0) is 20.4. The van der Waals surface area contributed by atoms with Gasteiger partial charge in [-0.1, -0.05) is 12.1 Å². The Bertz CT molecular complexity index is 1040. The van der Waals surface area contributed by atoms with E-state index in [-0.39, 0.29) is 17.1 Å². The number of ether oxygens (including phenoxy) is 2. The van der Waals surface area contributed by atoms with Gasteiger partial charge in [0.2, 0.25) is 0 Å². The lowest BCUT2D eigenvalue weighted by molar-refractivity contribution is -0.0512. The fraction of sp³-hybridized carbons (Fsp3) is 0.263. The average molecular weight is 401 g/mol. The fourth-order valence-electron chi connectivity index (χ4n) is 2.89. The van der Waals surface area contributed by atoms with Crippen LogP contribution >= 0.6 is 0 Å². The van der Waals surface area contributed by atoms with E-state index in [4.69, 9.17) is 4.74 Å². The van der Waals surface area contributed by atoms with Gasteiger partial charge in [-0.15, -0.1) is 5.10 Å². The van der Waals surface area contributed by atoms with E-state index in [1.165, 1.54) is 25.3 Å². The second-order valence-electron chi connectivity index (χ2n) is 6.46. The molecule has 0 radical (unpaired) electrons. The van der Waals surface area contributed by atoms with Crippen molar-refractivity contribution in [2.45, 2.75) is 25.5 Å². The first-order chi connectivity index (χ1) is 14.0. The molecule has 0 bridgehead atoms. The van der Waals surface area contributed by atoms with Crippen LogP contribution in [0.1, 0.15) is 29.2 Å². The van der Waals surface area contributed by atoms with Gasteiger partial charge in [-0.05, 0) is 53.6 Å². The van der Waals surface area contributed by atoms with E-state index in [1.54, 1.807) is 22.9 Å². The van der Waals surface area contributed by atoms with Crippen molar-refractivity contribution < 1.29 is 23.0 Å². The molecular formula is C19H17F2N5O3. The third-order valence-electron chi connectivity index (χ3n) is 4.41. The number of halogens is 2. The maximum atomic E-state index is 12.6. The van der Waals surface area contributed by atoms with Crippen LogP contribution in [0.4, 0.5) is 14.5 Å². The third-order valence-corrected chi connectivity index (χ3v) is 4.41. The van der Waals surface area contributed by atoms with Gasteiger partial charge in [0.25, 0.3) is 5.91 Å². The number of benzene rings is 2. The molecule has 1 aliphatic carbocycles. The Morgan fingerprint density at radius 2 is 2.03 bits per heavy atom. The molecule has 0 atom stereocenters. The van der Waals surface area contributed by atoms with Crippen LogP contribution in [0.25, 0.3) is 11.4 Å². The second-order valence-corrected chi connectivity index (χ2v) is 6.46. The van der Waals surface area contributed by atoms with E-state index >= 15 is 0 Å². The van der Waals surface area contributed by atoms with Crippen LogP contribution in [0.2, 0.25) is 0 Å². The van der Waals surface area contributed by atoms with Gasteiger partial charge < -0.3 is 14.8 Å². The Morgan fingerprint density at radius 1 is 1.21 bits per heavy atom. The van der Waals surface area contributed by atoms with E-state index in [1.807, 2.05) is 6.07 Å². The van der Waals surface area contributed by atoms with Crippen molar-refractivity contribution in [3.05, 3.63) is 48.0 Å². The lowest BCUT2D eigenvalue weighted by Gasteiger charge is -2.12. The number of hydrogen-bond donors (Lipinski definition) is 1. The van der Waals surface area contributed by atoms with E-state index in [2.05, 4.69) is 25.6 Å². The summed E-state index contributed by atoms with van der Waals surface area (Å²) in [5.41, 5.74) is 1.55. The Kier molecular flexibility index (Phi) is 5.07. The predicted octanol–water partition coefficient (Wildman–Crippen LogP) is 3.54. The number of amides is 1. The molecule has 1 amide bonds. The minimum atomic E-state index is -2.99. The first-order valence-corrected chi connectivity index (χ1v) is 8.87. The van der Waals surface area contributed by atoms with Gasteiger partial charge in [0.05, 0.1) is 13.2 Å². The standard InChI is InChI=1S/C19H17F2N5O3/c1-28-16-10-12(5-8-15(16)29-19(20)21)18(27)22-13-4-2-3-11(9-13)17-23-24-25-26(17)14-6-7-14/h2-5,8-10,14,19H,6-7H2,1H3,(H,22,27). The van der Waals surface area contributed by atoms with Crippen LogP contribution in [-0.4, -0.2) is 39.8 Å². The van der Waals surface area contributed by atoms with Crippen molar-refractivity contribution in [3.63, 3.8) is 0 Å². The van der Waals surface area contributed by atoms with Crippen molar-refractivity contribution in [3.8, 4) is 22.9 Å². The SMILES string of the molecule is COc1cc(C(=O)Nc2cccc(-c3nnnn3C3CC3)c2)ccc1OC(F)F. The number of tetrazole rings is 1. The van der Waals surface area contributed by atoms with Crippen LogP contribution in [0.15, 0.2) is 42.5 Å². The number of alkyl halides is 2. The molecule has 1 heterocycles. The highest BCUT2D eigenvalue weighted by Gasteiger charge is 2.28. The van der Waals surface area contributed by atoms with Crippen LogP contribution in [0.5, 0.6) is 11.5 Å². The molecule has 10 heteroatoms. The summed E-state index contributed by atoms with van der Waals surface area (Å²) in [6.45, 7) is -2.99. The molecule has 3 aromatic rings. The van der Waals surface area contributed by atoms with Gasteiger partial charge in [0, 0.05) is 16.8 Å². The first kappa shape index (κ1) is 18.8. The summed E-state index contributed by atoms with van der Waals surface area (Å²) >= 11 is 0. The van der Waals surface area contributed by atoms with E-state index < -0.39 is 12.5 Å². The number of hydrogen-bond acceptors (Lipinski definition) is 6. The highest BCUT2D eigenvalue weighted by atomic mass is 19.3. The maximum Gasteiger partial charge on any atom is 0.387 e. The van der Waals surface area contributed by atoms with Crippen molar-refractivity contribution >= 4 is 11.6 Å². The number of carbonyl (C=O) groups is 1. The molecule has 0 unspecified atom stereocenters. The number of aromatic nitrogens is 4. The second kappa shape index (κ2) is 7.82. The quantitative estimate of drug-likeness (QED) is 0.651. The van der Waals surface area contributed by atoms with Crippen molar-refractivity contribution in [1.29, 1.82) is 0 Å². The van der Waals surface area contributed by atoms with Crippen molar-refractivity contribution in [1.82, 2.24) is 20.2 Å². The van der Waals surface area contributed by atoms with E-state index in [0.29, 0.717) is 17.6 Å². The summed E-state index contributed by atoms with van der Waals surface area (Å²) in [6, 6.07) is 11.5. The molecule has 1 fully saturated rings. The largest absolute Gasteiger partial charge is 0.493 e. The maximum absolute atomic E-state index is 12.6. The Morgan fingerprint density at radius 3 is 2.76 bits per heavy atom. The smallest absolute Gasteiger partial charge is 0.387 e. The van der Waals surface area contributed by atoms with Crippen molar-refractivity contribution in [2.24, 2.45) is 0 Å². The zero-order valence-electron chi connectivity index (χ0n) is 15.4. The first-order valence-electron chi connectivity index (χ1n) is 8.87. The van der Waals surface area contributed by atoms with Gasteiger partial charge >= 0.3 is 6.61 Å². The van der Waals surface area contributed by atoms with Gasteiger partial charge in [0.15, 0.2) is 17.3 Å². The van der Waals surface area contributed by atoms with Gasteiger partial charge in [-0.3, -0.25) is 4.79 Å². The van der Waals surface area contributed by atoms with Crippen molar-refractivity contribution in [2.75, 3.05) is 12.4 Å². The summed E-state index contributed by atoms with van der Waals surface area (Å²) in [5, 5.41) is 14.6. The molecule has 4 rings (SSSR count). The highest BCUT2D eigenvalue weighted by molar-refractivity contribution is 6.04. The van der Waals surface area contributed by atoms with Crippen LogP contribution in [-0.2, 0) is 0 Å². The number of methoxy groups -OCH3 is 1. The number of nitrogens with zero attached hydrogens (tertiary/aromatic N) is 4. The zero-order valence-corrected chi connectivity index (χ0v) is 15.4. The minimum Gasteiger partial charge on any atom is -0.493 e. The summed E-state index contributed by atoms with van der Waals surface area (Å²) in [5.74, 6) is 0.105. The molecule has 0 spiro atoms. The van der Waals surface area contributed by atoms with Crippen LogP contribution in [0, 0.1) is 0 Å². The normalized spacial score (nSPS) is 13.4. The highest BCUT2D eigenvalue weighted by Crippen LogP contribution is 2.37. The summed E-state index contributed by atoms with van der Waals surface area (Å²) in [7, 11) is 1.31. The molecule has 1 N–H and O–H groups in total. The Balaban J connectivity index is 1.53. The molecule has 8 nitrogen and oxygen atoms in total. The summed E-state index contributed by atoms with van der Waals surface area (Å²) in [4.78, 5) is 12.6. The monoisotopic (exact) mass is 401 g/mol. The molecule has 1 saturated carbocycles. The molecule has 0 aliphatic heterocycles. The molecule has 1 aromatic heterocycles. The average Bonchev–Trinajstić information content (AvgIpc) is 3.44. The number of anilines is 1. The molecule has 1 aliphatic rings. The molecule has 2 aromatic carbocycles. The summed E-state index contributed by atoms with van der Waals surface area (Å²) in [6.07, 6.45) is 2.09. The lowest BCUT2D eigenvalue weighted by Crippen LogP contribution is -2.12. The Labute approximate surface area is 164 Å². The molecule has 150 valence electrons. The predicted molar refractivity (Wildman–Crippen MR) is 99.1 cm³/mol. The number of carbonyl (C=O) groups excluding carboxylic acids is 1. The van der Waals surface area contributed by atoms with Gasteiger partial charge in [-0.25, -0.2) is 4.68 Å². The fourth-order valence-corrected chi connectivity index (χ4v) is 2.89. The van der Waals surface area contributed by atoms with Gasteiger partial charge in [0.1, 0.15) is 0 Å². The molecule has 29 heavy (non-hydrogen) atoms.